The van der Waals surface area contributed by atoms with Gasteiger partial charge in [0.1, 0.15) is 0 Å². The molecule has 3 aromatic rings. The zero-order valence-electron chi connectivity index (χ0n) is 9.72. The SMILES string of the molecule is Cc1cnc(-c2cnc3ccsc3c2)nc1CCl. The number of fused-ring (bicyclic) bond motifs is 1. The first-order chi connectivity index (χ1) is 8.78. The maximum absolute atomic E-state index is 5.87. The van der Waals surface area contributed by atoms with Crippen molar-refractivity contribution < 1.29 is 0 Å². The number of hydrogen-bond acceptors (Lipinski definition) is 4. The maximum atomic E-state index is 5.87. The van der Waals surface area contributed by atoms with Gasteiger partial charge in [-0.2, -0.15) is 0 Å². The van der Waals surface area contributed by atoms with Crippen molar-refractivity contribution in [2.45, 2.75) is 12.8 Å². The molecular weight excluding hydrogens is 266 g/mol. The molecular formula is C13H10ClN3S. The third-order valence-corrected chi connectivity index (χ3v) is 3.87. The van der Waals surface area contributed by atoms with E-state index in [-0.39, 0.29) is 0 Å². The second kappa shape index (κ2) is 4.63. The van der Waals surface area contributed by atoms with E-state index in [1.54, 1.807) is 23.7 Å². The Labute approximate surface area is 114 Å². The molecule has 0 saturated heterocycles. The van der Waals surface area contributed by atoms with Crippen LogP contribution in [0.25, 0.3) is 21.6 Å². The Hall–Kier alpha value is -1.52. The van der Waals surface area contributed by atoms with Crippen LogP contribution in [-0.4, -0.2) is 15.0 Å². The van der Waals surface area contributed by atoms with Gasteiger partial charge in [0.05, 0.1) is 21.8 Å². The molecule has 0 aliphatic carbocycles. The van der Waals surface area contributed by atoms with Gasteiger partial charge in [-0.1, -0.05) is 0 Å². The lowest BCUT2D eigenvalue weighted by molar-refractivity contribution is 1.05. The Balaban J connectivity index is 2.13. The van der Waals surface area contributed by atoms with Gasteiger partial charge in [0.15, 0.2) is 5.82 Å². The van der Waals surface area contributed by atoms with E-state index in [9.17, 15) is 0 Å². The quantitative estimate of drug-likeness (QED) is 0.668. The van der Waals surface area contributed by atoms with E-state index in [1.807, 2.05) is 18.4 Å². The van der Waals surface area contributed by atoms with Crippen LogP contribution in [0.1, 0.15) is 11.3 Å². The lowest BCUT2D eigenvalue weighted by atomic mass is 10.2. The second-order valence-electron chi connectivity index (χ2n) is 3.98. The molecule has 3 nitrogen and oxygen atoms in total. The van der Waals surface area contributed by atoms with E-state index in [1.165, 1.54) is 0 Å². The summed E-state index contributed by atoms with van der Waals surface area (Å²) in [4.78, 5) is 13.2. The lowest BCUT2D eigenvalue weighted by Gasteiger charge is -2.04. The van der Waals surface area contributed by atoms with Gasteiger partial charge in [0, 0.05) is 18.0 Å². The number of aromatic nitrogens is 3. The largest absolute Gasteiger partial charge is 0.255 e. The number of hydrogen-bond donors (Lipinski definition) is 0. The van der Waals surface area contributed by atoms with Crippen LogP contribution in [0.4, 0.5) is 0 Å². The van der Waals surface area contributed by atoms with Crippen molar-refractivity contribution in [1.82, 2.24) is 15.0 Å². The number of aryl methyl sites for hydroxylation is 1. The molecule has 3 aromatic heterocycles. The third kappa shape index (κ3) is 1.98. The van der Waals surface area contributed by atoms with Crippen LogP contribution in [0.15, 0.2) is 29.9 Å². The van der Waals surface area contributed by atoms with Crippen molar-refractivity contribution >= 4 is 33.2 Å². The number of thiophene rings is 1. The molecule has 0 spiro atoms. The summed E-state index contributed by atoms with van der Waals surface area (Å²) in [5, 5.41) is 2.03. The molecule has 0 unspecified atom stereocenters. The molecule has 0 bridgehead atoms. The van der Waals surface area contributed by atoms with Crippen LogP contribution in [0, 0.1) is 6.92 Å². The van der Waals surface area contributed by atoms with Crippen LogP contribution in [0.3, 0.4) is 0 Å². The molecule has 0 aromatic carbocycles. The molecule has 18 heavy (non-hydrogen) atoms. The number of rotatable bonds is 2. The molecule has 0 radical (unpaired) electrons. The molecule has 0 aliphatic rings. The summed E-state index contributed by atoms with van der Waals surface area (Å²) < 4.78 is 1.14. The summed E-state index contributed by atoms with van der Waals surface area (Å²) in [7, 11) is 0. The molecule has 0 saturated carbocycles. The molecule has 5 heteroatoms. The first kappa shape index (κ1) is 11.6. The molecule has 0 aliphatic heterocycles. The topological polar surface area (TPSA) is 38.7 Å². The summed E-state index contributed by atoms with van der Waals surface area (Å²) in [6.07, 6.45) is 3.61. The number of halogens is 1. The summed E-state index contributed by atoms with van der Waals surface area (Å²) in [6.45, 7) is 1.96. The second-order valence-corrected chi connectivity index (χ2v) is 5.20. The highest BCUT2D eigenvalue weighted by atomic mass is 35.5. The minimum absolute atomic E-state index is 0.399. The molecule has 0 atom stereocenters. The summed E-state index contributed by atoms with van der Waals surface area (Å²) in [6, 6.07) is 4.07. The fraction of sp³-hybridized carbons (Fsp3) is 0.154. The average Bonchev–Trinajstić information content (AvgIpc) is 2.86. The first-order valence-corrected chi connectivity index (χ1v) is 6.91. The fourth-order valence-corrected chi connectivity index (χ4v) is 2.77. The zero-order chi connectivity index (χ0) is 12.5. The Morgan fingerprint density at radius 2 is 2.17 bits per heavy atom. The van der Waals surface area contributed by atoms with Crippen LogP contribution in [-0.2, 0) is 5.88 Å². The number of nitrogens with zero attached hydrogens (tertiary/aromatic N) is 3. The van der Waals surface area contributed by atoms with Crippen LogP contribution in [0.5, 0.6) is 0 Å². The van der Waals surface area contributed by atoms with Crippen molar-refractivity contribution in [3.8, 4) is 11.4 Å². The van der Waals surface area contributed by atoms with Crippen LogP contribution < -0.4 is 0 Å². The molecule has 0 N–H and O–H groups in total. The van der Waals surface area contributed by atoms with Crippen molar-refractivity contribution in [2.24, 2.45) is 0 Å². The van der Waals surface area contributed by atoms with E-state index >= 15 is 0 Å². The van der Waals surface area contributed by atoms with E-state index in [4.69, 9.17) is 11.6 Å². The van der Waals surface area contributed by atoms with Gasteiger partial charge in [0.2, 0.25) is 0 Å². The highest BCUT2D eigenvalue weighted by molar-refractivity contribution is 7.17. The highest BCUT2D eigenvalue weighted by Gasteiger charge is 2.07. The van der Waals surface area contributed by atoms with Gasteiger partial charge < -0.3 is 0 Å². The number of alkyl halides is 1. The highest BCUT2D eigenvalue weighted by Crippen LogP contribution is 2.24. The summed E-state index contributed by atoms with van der Waals surface area (Å²) in [5.41, 5.74) is 3.82. The van der Waals surface area contributed by atoms with E-state index in [0.717, 1.165) is 27.0 Å². The van der Waals surface area contributed by atoms with Gasteiger partial charge in [0.25, 0.3) is 0 Å². The minimum Gasteiger partial charge on any atom is -0.255 e. The van der Waals surface area contributed by atoms with Gasteiger partial charge in [-0.15, -0.1) is 22.9 Å². The summed E-state index contributed by atoms with van der Waals surface area (Å²) in [5.74, 6) is 1.08. The predicted molar refractivity (Wildman–Crippen MR) is 74.9 cm³/mol. The monoisotopic (exact) mass is 275 g/mol. The average molecular weight is 276 g/mol. The van der Waals surface area contributed by atoms with E-state index in [2.05, 4.69) is 21.0 Å². The van der Waals surface area contributed by atoms with Crippen LogP contribution in [0.2, 0.25) is 0 Å². The van der Waals surface area contributed by atoms with Gasteiger partial charge >= 0.3 is 0 Å². The minimum atomic E-state index is 0.399. The zero-order valence-corrected chi connectivity index (χ0v) is 11.3. The lowest BCUT2D eigenvalue weighted by Crippen LogP contribution is -1.97. The smallest absolute Gasteiger partial charge is 0.161 e. The predicted octanol–water partition coefficient (Wildman–Crippen LogP) is 3.80. The fourth-order valence-electron chi connectivity index (χ4n) is 1.72. The third-order valence-electron chi connectivity index (χ3n) is 2.76. The van der Waals surface area contributed by atoms with Crippen molar-refractivity contribution in [3.05, 3.63) is 41.2 Å². The molecule has 0 amide bonds. The molecule has 3 rings (SSSR count). The van der Waals surface area contributed by atoms with Crippen LogP contribution >= 0.6 is 22.9 Å². The molecule has 90 valence electrons. The van der Waals surface area contributed by atoms with Gasteiger partial charge in [-0.3, -0.25) is 4.98 Å². The Morgan fingerprint density at radius 1 is 1.28 bits per heavy atom. The van der Waals surface area contributed by atoms with Crippen molar-refractivity contribution in [1.29, 1.82) is 0 Å². The van der Waals surface area contributed by atoms with Gasteiger partial charge in [-0.25, -0.2) is 9.97 Å². The van der Waals surface area contributed by atoms with Crippen molar-refractivity contribution in [3.63, 3.8) is 0 Å². The van der Waals surface area contributed by atoms with E-state index in [0.29, 0.717) is 11.7 Å². The Kier molecular flexibility index (Phi) is 2.97. The molecule has 3 heterocycles. The summed E-state index contributed by atoms with van der Waals surface area (Å²) >= 11 is 7.53. The normalized spacial score (nSPS) is 11.0. The standard InChI is InChI=1S/C13H10ClN3S/c1-8-6-16-13(17-11(8)5-14)9-4-12-10(15-7-9)2-3-18-12/h2-4,6-7H,5H2,1H3. The maximum Gasteiger partial charge on any atom is 0.161 e. The Bertz CT molecular complexity index is 708. The molecule has 0 fully saturated rings. The van der Waals surface area contributed by atoms with E-state index < -0.39 is 0 Å². The van der Waals surface area contributed by atoms with Crippen molar-refractivity contribution in [2.75, 3.05) is 0 Å². The first-order valence-electron chi connectivity index (χ1n) is 5.50. The Morgan fingerprint density at radius 3 is 3.00 bits per heavy atom. The van der Waals surface area contributed by atoms with Gasteiger partial charge in [-0.05, 0) is 30.0 Å². The number of pyridine rings is 1.